The maximum Gasteiger partial charge on any atom is 0.255 e. The van der Waals surface area contributed by atoms with Gasteiger partial charge in [0.1, 0.15) is 5.76 Å². The Labute approximate surface area is 168 Å². The third-order valence-electron chi connectivity index (χ3n) is 5.34. The van der Waals surface area contributed by atoms with E-state index in [1.54, 1.807) is 32.0 Å². The Kier molecular flexibility index (Phi) is 4.58. The summed E-state index contributed by atoms with van der Waals surface area (Å²) in [7, 11) is -3.17. The minimum atomic E-state index is -3.17. The van der Waals surface area contributed by atoms with Crippen LogP contribution in [0.3, 0.4) is 0 Å². The van der Waals surface area contributed by atoms with Crippen molar-refractivity contribution in [1.29, 1.82) is 0 Å². The van der Waals surface area contributed by atoms with Crippen LogP contribution in [0.4, 0.5) is 0 Å². The van der Waals surface area contributed by atoms with E-state index in [1.165, 1.54) is 0 Å². The van der Waals surface area contributed by atoms with Crippen molar-refractivity contribution in [2.45, 2.75) is 25.8 Å². The molecule has 29 heavy (non-hydrogen) atoms. The summed E-state index contributed by atoms with van der Waals surface area (Å²) in [5, 5.41) is 3.15. The second-order valence-electron chi connectivity index (χ2n) is 7.79. The number of para-hydroxylation sites is 1. The SMILES string of the molecule is Cc1c(-c2ccccc2)oc2c(C(=O)N[C@@]3(C)CCS(=O)(=O)C3)cccc2c1=O. The number of hydrogen-bond acceptors (Lipinski definition) is 5. The van der Waals surface area contributed by atoms with Crippen molar-refractivity contribution < 1.29 is 17.6 Å². The second kappa shape index (κ2) is 6.84. The highest BCUT2D eigenvalue weighted by Gasteiger charge is 2.39. The van der Waals surface area contributed by atoms with E-state index in [0.717, 1.165) is 5.56 Å². The molecule has 2 heterocycles. The highest BCUT2D eigenvalue weighted by Crippen LogP contribution is 2.28. The molecule has 0 radical (unpaired) electrons. The summed E-state index contributed by atoms with van der Waals surface area (Å²) in [4.78, 5) is 25.9. The van der Waals surface area contributed by atoms with Crippen LogP contribution in [0.15, 0.2) is 57.7 Å². The fourth-order valence-corrected chi connectivity index (χ4v) is 5.90. The van der Waals surface area contributed by atoms with Gasteiger partial charge in [0.15, 0.2) is 20.8 Å². The van der Waals surface area contributed by atoms with Crippen LogP contribution >= 0.6 is 0 Å². The van der Waals surface area contributed by atoms with E-state index in [9.17, 15) is 18.0 Å². The van der Waals surface area contributed by atoms with E-state index < -0.39 is 21.3 Å². The van der Waals surface area contributed by atoms with Crippen LogP contribution in [-0.2, 0) is 9.84 Å². The molecule has 1 atom stereocenters. The first-order chi connectivity index (χ1) is 13.7. The number of carbonyl (C=O) groups is 1. The monoisotopic (exact) mass is 411 g/mol. The molecule has 0 aliphatic carbocycles. The van der Waals surface area contributed by atoms with E-state index in [4.69, 9.17) is 4.42 Å². The summed E-state index contributed by atoms with van der Waals surface area (Å²) in [5.74, 6) is -0.0974. The quantitative estimate of drug-likeness (QED) is 0.715. The summed E-state index contributed by atoms with van der Waals surface area (Å²) in [6.07, 6.45) is 0.351. The predicted molar refractivity (Wildman–Crippen MR) is 112 cm³/mol. The molecule has 1 fully saturated rings. The molecule has 0 bridgehead atoms. The Morgan fingerprint density at radius 1 is 1.10 bits per heavy atom. The molecule has 1 aromatic heterocycles. The minimum absolute atomic E-state index is 0.0474. The molecular weight excluding hydrogens is 390 g/mol. The van der Waals surface area contributed by atoms with Crippen LogP contribution in [0.1, 0.15) is 29.3 Å². The molecule has 0 unspecified atom stereocenters. The number of sulfone groups is 1. The molecule has 1 aliphatic rings. The molecule has 2 aromatic carbocycles. The van der Waals surface area contributed by atoms with Gasteiger partial charge in [0, 0.05) is 11.1 Å². The number of benzene rings is 2. The number of amides is 1. The molecule has 1 amide bonds. The van der Waals surface area contributed by atoms with Gasteiger partial charge in [-0.2, -0.15) is 0 Å². The van der Waals surface area contributed by atoms with Crippen LogP contribution in [0, 0.1) is 6.92 Å². The lowest BCUT2D eigenvalue weighted by molar-refractivity contribution is 0.0916. The van der Waals surface area contributed by atoms with Gasteiger partial charge in [0.25, 0.3) is 5.91 Å². The maximum atomic E-state index is 13.0. The highest BCUT2D eigenvalue weighted by molar-refractivity contribution is 7.91. The zero-order chi connectivity index (χ0) is 20.8. The Balaban J connectivity index is 1.82. The third kappa shape index (κ3) is 3.58. The average molecular weight is 411 g/mol. The Morgan fingerprint density at radius 2 is 1.83 bits per heavy atom. The lowest BCUT2D eigenvalue weighted by Gasteiger charge is -2.24. The van der Waals surface area contributed by atoms with Gasteiger partial charge in [-0.25, -0.2) is 8.42 Å². The lowest BCUT2D eigenvalue weighted by atomic mass is 10.00. The molecule has 3 aromatic rings. The number of fused-ring (bicyclic) bond motifs is 1. The zero-order valence-electron chi connectivity index (χ0n) is 16.2. The molecule has 7 heteroatoms. The second-order valence-corrected chi connectivity index (χ2v) is 9.97. The summed E-state index contributed by atoms with van der Waals surface area (Å²) >= 11 is 0. The van der Waals surface area contributed by atoms with E-state index in [0.29, 0.717) is 23.1 Å². The Bertz CT molecular complexity index is 1280. The zero-order valence-corrected chi connectivity index (χ0v) is 17.0. The van der Waals surface area contributed by atoms with E-state index in [1.807, 2.05) is 30.3 Å². The van der Waals surface area contributed by atoms with Gasteiger partial charge in [-0.05, 0) is 32.4 Å². The van der Waals surface area contributed by atoms with Crippen LogP contribution < -0.4 is 10.7 Å². The van der Waals surface area contributed by atoms with Crippen LogP contribution in [0.5, 0.6) is 0 Å². The summed E-state index contributed by atoms with van der Waals surface area (Å²) in [6, 6.07) is 14.1. The van der Waals surface area contributed by atoms with Crippen LogP contribution in [0.2, 0.25) is 0 Å². The Hall–Kier alpha value is -2.93. The first-order valence-corrected chi connectivity index (χ1v) is 11.2. The maximum absolute atomic E-state index is 13.0. The fourth-order valence-electron chi connectivity index (χ4n) is 3.80. The van der Waals surface area contributed by atoms with E-state index in [2.05, 4.69) is 5.32 Å². The van der Waals surface area contributed by atoms with E-state index >= 15 is 0 Å². The number of carbonyl (C=O) groups excluding carboxylic acids is 1. The minimum Gasteiger partial charge on any atom is -0.455 e. The summed E-state index contributed by atoms with van der Waals surface area (Å²) in [6.45, 7) is 3.42. The van der Waals surface area contributed by atoms with E-state index in [-0.39, 0.29) is 28.1 Å². The van der Waals surface area contributed by atoms with Crippen molar-refractivity contribution in [3.05, 3.63) is 69.9 Å². The molecular formula is C22H21NO5S. The van der Waals surface area contributed by atoms with Crippen molar-refractivity contribution in [2.75, 3.05) is 11.5 Å². The largest absolute Gasteiger partial charge is 0.455 e. The molecule has 0 spiro atoms. The van der Waals surface area contributed by atoms with Crippen molar-refractivity contribution >= 4 is 26.7 Å². The van der Waals surface area contributed by atoms with Crippen LogP contribution in [-0.4, -0.2) is 31.4 Å². The molecule has 0 saturated carbocycles. The highest BCUT2D eigenvalue weighted by atomic mass is 32.2. The molecule has 1 saturated heterocycles. The first-order valence-electron chi connectivity index (χ1n) is 9.34. The van der Waals surface area contributed by atoms with Crippen molar-refractivity contribution in [3.8, 4) is 11.3 Å². The predicted octanol–water partition coefficient (Wildman–Crippen LogP) is 3.08. The fraction of sp³-hybridized carbons (Fsp3) is 0.273. The smallest absolute Gasteiger partial charge is 0.255 e. The number of hydrogen-bond donors (Lipinski definition) is 1. The van der Waals surface area contributed by atoms with Gasteiger partial charge in [-0.3, -0.25) is 9.59 Å². The summed E-state index contributed by atoms with van der Waals surface area (Å²) in [5.41, 5.74) is 0.578. The topological polar surface area (TPSA) is 93.4 Å². The van der Waals surface area contributed by atoms with Crippen molar-refractivity contribution in [3.63, 3.8) is 0 Å². The first kappa shape index (κ1) is 19.4. The van der Waals surface area contributed by atoms with Gasteiger partial charge >= 0.3 is 0 Å². The van der Waals surface area contributed by atoms with Gasteiger partial charge in [0.05, 0.1) is 28.0 Å². The van der Waals surface area contributed by atoms with Gasteiger partial charge in [-0.15, -0.1) is 0 Å². The molecule has 1 N–H and O–H groups in total. The van der Waals surface area contributed by atoms with Gasteiger partial charge in [0.2, 0.25) is 0 Å². The van der Waals surface area contributed by atoms with Gasteiger partial charge < -0.3 is 9.73 Å². The number of nitrogens with one attached hydrogen (secondary N) is 1. The molecule has 6 nitrogen and oxygen atoms in total. The molecule has 150 valence electrons. The third-order valence-corrected chi connectivity index (χ3v) is 7.25. The molecule has 4 rings (SSSR count). The molecule has 1 aliphatic heterocycles. The van der Waals surface area contributed by atoms with Crippen LogP contribution in [0.25, 0.3) is 22.3 Å². The number of rotatable bonds is 3. The standard InChI is InChI=1S/C22H21NO5S/c1-14-18(24)16-9-6-10-17(20(16)28-19(14)15-7-4-3-5-8-15)21(25)23-22(2)11-12-29(26,27)13-22/h3-10H,11-13H2,1-2H3,(H,23,25)/t22-/m0/s1. The summed E-state index contributed by atoms with van der Waals surface area (Å²) < 4.78 is 29.8. The average Bonchev–Trinajstić information content (AvgIpc) is 2.97. The lowest BCUT2D eigenvalue weighted by Crippen LogP contribution is -2.47. The Morgan fingerprint density at radius 3 is 2.48 bits per heavy atom. The van der Waals surface area contributed by atoms with Crippen molar-refractivity contribution in [1.82, 2.24) is 5.32 Å². The normalized spacial score (nSPS) is 20.6. The van der Waals surface area contributed by atoms with Gasteiger partial charge in [-0.1, -0.05) is 36.4 Å². The van der Waals surface area contributed by atoms with Crippen molar-refractivity contribution in [2.24, 2.45) is 0 Å².